The molecular formula is C34H35N5O10S3. The van der Waals surface area contributed by atoms with E-state index in [4.69, 9.17) is 18.5 Å². The van der Waals surface area contributed by atoms with Crippen molar-refractivity contribution in [2.45, 2.75) is 43.9 Å². The summed E-state index contributed by atoms with van der Waals surface area (Å²) in [5.41, 5.74) is -0.184. The molecule has 15 nitrogen and oxygen atoms in total. The lowest BCUT2D eigenvalue weighted by Gasteiger charge is -2.49. The third-order valence-electron chi connectivity index (χ3n) is 7.01. The molecule has 3 heterocycles. The van der Waals surface area contributed by atoms with Gasteiger partial charge in [-0.15, -0.1) is 23.1 Å². The molecule has 0 saturated carbocycles. The van der Waals surface area contributed by atoms with Crippen molar-refractivity contribution < 1.29 is 46.1 Å². The van der Waals surface area contributed by atoms with Crippen LogP contribution in [0.15, 0.2) is 95.3 Å². The Morgan fingerprint density at radius 1 is 1.10 bits per heavy atom. The van der Waals surface area contributed by atoms with Crippen molar-refractivity contribution in [3.05, 3.63) is 107 Å². The van der Waals surface area contributed by atoms with Gasteiger partial charge in [0.1, 0.15) is 29.3 Å². The number of thiazole rings is 1. The van der Waals surface area contributed by atoms with Gasteiger partial charge >= 0.3 is 22.2 Å². The minimum atomic E-state index is -4.12. The van der Waals surface area contributed by atoms with Gasteiger partial charge in [0.15, 0.2) is 28.4 Å². The van der Waals surface area contributed by atoms with E-state index in [2.05, 4.69) is 27.4 Å². The van der Waals surface area contributed by atoms with Crippen LogP contribution in [0.5, 0.6) is 0 Å². The number of thioether (sulfide) groups is 1. The number of carbonyl (C=O) groups is 4. The number of rotatable bonds is 13. The van der Waals surface area contributed by atoms with Crippen LogP contribution in [0.1, 0.15) is 43.7 Å². The van der Waals surface area contributed by atoms with E-state index >= 15 is 0 Å². The zero-order valence-corrected chi connectivity index (χ0v) is 30.9. The Morgan fingerprint density at radius 2 is 1.73 bits per heavy atom. The molecular weight excluding hydrogens is 735 g/mol. The summed E-state index contributed by atoms with van der Waals surface area (Å²) < 4.78 is 40.9. The molecule has 0 aliphatic carbocycles. The summed E-state index contributed by atoms with van der Waals surface area (Å²) in [6.07, 6.45) is 0.558. The van der Waals surface area contributed by atoms with Crippen LogP contribution in [0.25, 0.3) is 0 Å². The van der Waals surface area contributed by atoms with Gasteiger partial charge in [0.2, 0.25) is 0 Å². The Kier molecular flexibility index (Phi) is 11.7. The van der Waals surface area contributed by atoms with Gasteiger partial charge in [-0.05, 0) is 31.9 Å². The Balaban J connectivity index is 1.39. The van der Waals surface area contributed by atoms with E-state index in [1.807, 2.05) is 0 Å². The number of nitrogens with one attached hydrogen (secondary N) is 2. The van der Waals surface area contributed by atoms with Crippen LogP contribution in [0.3, 0.4) is 0 Å². The minimum absolute atomic E-state index is 0.0263. The van der Waals surface area contributed by atoms with Crippen molar-refractivity contribution in [3.63, 3.8) is 0 Å². The fraction of sp³-hybridized carbons (Fsp3) is 0.294. The maximum Gasteiger partial charge on any atom is 0.413 e. The Bertz CT molecular complexity index is 1970. The highest BCUT2D eigenvalue weighted by Crippen LogP contribution is 2.42. The number of ether oxygens (including phenoxy) is 2. The van der Waals surface area contributed by atoms with E-state index in [0.29, 0.717) is 11.1 Å². The van der Waals surface area contributed by atoms with Gasteiger partial charge in [-0.2, -0.15) is 8.42 Å². The molecule has 1 fully saturated rings. The van der Waals surface area contributed by atoms with Gasteiger partial charge in [-0.25, -0.2) is 14.6 Å². The number of amides is 3. The number of fused-ring (bicyclic) bond motifs is 1. The molecule has 0 spiro atoms. The quantitative estimate of drug-likeness (QED) is 0.0477. The highest BCUT2D eigenvalue weighted by Gasteiger charge is 2.56. The summed E-state index contributed by atoms with van der Waals surface area (Å²) in [6.45, 7) is 8.61. The average Bonchev–Trinajstić information content (AvgIpc) is 3.54. The number of oxime groups is 1. The van der Waals surface area contributed by atoms with Crippen LogP contribution >= 0.6 is 23.1 Å². The number of nitrogens with zero attached hydrogens (tertiary/aromatic N) is 3. The van der Waals surface area contributed by atoms with Gasteiger partial charge in [0.25, 0.3) is 11.8 Å². The average molecular weight is 770 g/mol. The second-order valence-corrected chi connectivity index (χ2v) is 15.8. The standard InChI is InChI=1S/C34H35N5O10S3/c1-6-17-46-38-24(22-18-51-32(35-22)37-33(43)48-34(2,3)4)28(40)36-25-29(41)39-26(23(19-50-30(25)39)49-52(5,44)45)31(42)47-27(20-13-9-7-10-14-20)21-15-11-8-12-16-21/h6-16,18,25,27,30H,1,17,19H2,2-5H3,(H,36,40)(H,35,37,43)/b38-24+/t25-,30-/m1/s1. The van der Waals surface area contributed by atoms with Crippen LogP contribution in [-0.2, 0) is 43.0 Å². The molecule has 0 unspecified atom stereocenters. The normalized spacial score (nSPS) is 17.4. The summed E-state index contributed by atoms with van der Waals surface area (Å²) in [5.74, 6) is -3.03. The SMILES string of the molecule is C=CCO/N=C(/C(=O)N[C@@H]1C(=O)N2C(C(=O)OC(c3ccccc3)c3ccccc3)=C(OS(C)(=O)=O)CS[C@H]12)c1csc(NC(=O)OC(C)(C)C)n1. The molecule has 2 aliphatic rings. The third-order valence-corrected chi connectivity index (χ3v) is 9.53. The molecule has 3 aromatic rings. The first-order valence-corrected chi connectivity index (χ1v) is 19.4. The van der Waals surface area contributed by atoms with Crippen LogP contribution in [0.2, 0.25) is 0 Å². The maximum absolute atomic E-state index is 14.0. The Labute approximate surface area is 308 Å². The lowest BCUT2D eigenvalue weighted by atomic mass is 10.0. The van der Waals surface area contributed by atoms with Crippen LogP contribution < -0.4 is 10.6 Å². The summed E-state index contributed by atoms with van der Waals surface area (Å²) in [5, 5.41) is 9.71. The highest BCUT2D eigenvalue weighted by atomic mass is 32.2. The number of hydrogen-bond donors (Lipinski definition) is 2. The molecule has 18 heteroatoms. The predicted octanol–water partition coefficient (Wildman–Crippen LogP) is 4.32. The van der Waals surface area contributed by atoms with E-state index < -0.39 is 62.8 Å². The van der Waals surface area contributed by atoms with E-state index in [1.165, 1.54) is 11.5 Å². The summed E-state index contributed by atoms with van der Waals surface area (Å²) in [7, 11) is -4.12. The van der Waals surface area contributed by atoms with E-state index in [0.717, 1.165) is 34.3 Å². The van der Waals surface area contributed by atoms with Gasteiger partial charge in [-0.1, -0.05) is 78.5 Å². The second-order valence-electron chi connectivity index (χ2n) is 12.2. The molecule has 2 atom stereocenters. The van der Waals surface area contributed by atoms with Gasteiger partial charge < -0.3 is 23.8 Å². The number of carbonyl (C=O) groups excluding carboxylic acids is 4. The van der Waals surface area contributed by atoms with Crippen molar-refractivity contribution in [2.75, 3.05) is 23.9 Å². The molecule has 52 heavy (non-hydrogen) atoms. The van der Waals surface area contributed by atoms with Crippen molar-refractivity contribution in [1.82, 2.24) is 15.2 Å². The van der Waals surface area contributed by atoms with Crippen LogP contribution in [-0.4, -0.2) is 83.5 Å². The first kappa shape index (κ1) is 38.0. The molecule has 2 aliphatic heterocycles. The lowest BCUT2D eigenvalue weighted by molar-refractivity contribution is -0.154. The Morgan fingerprint density at radius 3 is 2.31 bits per heavy atom. The lowest BCUT2D eigenvalue weighted by Crippen LogP contribution is -2.71. The first-order valence-electron chi connectivity index (χ1n) is 15.6. The Hall–Kier alpha value is -5.20. The summed E-state index contributed by atoms with van der Waals surface area (Å²) in [6, 6.07) is 16.6. The number of β-lactam (4-membered cyclic amide) rings is 1. The zero-order valence-electron chi connectivity index (χ0n) is 28.4. The molecule has 1 saturated heterocycles. The largest absolute Gasteiger partial charge is 0.448 e. The topological polar surface area (TPSA) is 192 Å². The van der Waals surface area contributed by atoms with Crippen LogP contribution in [0.4, 0.5) is 9.93 Å². The summed E-state index contributed by atoms with van der Waals surface area (Å²) in [4.78, 5) is 64.1. The van der Waals surface area contributed by atoms with E-state index in [9.17, 15) is 27.6 Å². The zero-order chi connectivity index (χ0) is 37.6. The maximum atomic E-state index is 14.0. The van der Waals surface area contributed by atoms with Crippen molar-refractivity contribution in [3.8, 4) is 0 Å². The molecule has 0 radical (unpaired) electrons. The van der Waals surface area contributed by atoms with Crippen molar-refractivity contribution in [2.24, 2.45) is 5.16 Å². The summed E-state index contributed by atoms with van der Waals surface area (Å²) >= 11 is 2.07. The van der Waals surface area contributed by atoms with Crippen molar-refractivity contribution in [1.29, 1.82) is 0 Å². The van der Waals surface area contributed by atoms with E-state index in [1.54, 1.807) is 81.4 Å². The number of hydrogen-bond acceptors (Lipinski definition) is 14. The molecule has 0 bridgehead atoms. The number of esters is 1. The molecule has 3 amide bonds. The highest BCUT2D eigenvalue weighted by molar-refractivity contribution is 8.00. The fourth-order valence-electron chi connectivity index (χ4n) is 4.97. The van der Waals surface area contributed by atoms with Crippen LogP contribution in [0, 0.1) is 0 Å². The monoisotopic (exact) mass is 769 g/mol. The van der Waals surface area contributed by atoms with Gasteiger partial charge in [0.05, 0.1) is 12.0 Å². The number of anilines is 1. The first-order chi connectivity index (χ1) is 24.6. The third kappa shape index (κ3) is 9.36. The van der Waals surface area contributed by atoms with Gasteiger partial charge in [-0.3, -0.25) is 19.8 Å². The number of benzene rings is 2. The fourth-order valence-corrected chi connectivity index (χ4v) is 7.49. The second kappa shape index (κ2) is 16.0. The van der Waals surface area contributed by atoms with Gasteiger partial charge in [0, 0.05) is 5.38 Å². The molecule has 1 aromatic heterocycles. The minimum Gasteiger partial charge on any atom is -0.448 e. The predicted molar refractivity (Wildman–Crippen MR) is 193 cm³/mol. The van der Waals surface area contributed by atoms with E-state index in [-0.39, 0.29) is 34.7 Å². The molecule has 2 N–H and O–H groups in total. The van der Waals surface area contributed by atoms with Crippen molar-refractivity contribution >= 4 is 67.9 Å². The smallest absolute Gasteiger partial charge is 0.413 e. The molecule has 274 valence electrons. The molecule has 5 rings (SSSR count). The molecule has 2 aromatic carbocycles. The number of aromatic nitrogens is 1.